The minimum Gasteiger partial charge on any atom is -0.497 e. The Labute approximate surface area is 112 Å². The third-order valence-electron chi connectivity index (χ3n) is 2.95. The van der Waals surface area contributed by atoms with Gasteiger partial charge >= 0.3 is 0 Å². The molecule has 7 heteroatoms. The van der Waals surface area contributed by atoms with Crippen molar-refractivity contribution in [2.75, 3.05) is 13.7 Å². The summed E-state index contributed by atoms with van der Waals surface area (Å²) in [6, 6.07) is 6.18. The second-order valence-electron chi connectivity index (χ2n) is 4.48. The van der Waals surface area contributed by atoms with Crippen LogP contribution in [0.4, 0.5) is 0 Å². The summed E-state index contributed by atoms with van der Waals surface area (Å²) in [6.45, 7) is -0.0565. The highest BCUT2D eigenvalue weighted by Crippen LogP contribution is 2.32. The monoisotopic (exact) mass is 283 g/mol. The Bertz CT molecular complexity index is 564. The van der Waals surface area contributed by atoms with E-state index in [1.165, 1.54) is 23.5 Å². The van der Waals surface area contributed by atoms with E-state index in [0.717, 1.165) is 12.8 Å². The molecule has 1 fully saturated rings. The van der Waals surface area contributed by atoms with E-state index < -0.39 is 10.0 Å². The van der Waals surface area contributed by atoms with Gasteiger partial charge in [-0.15, -0.1) is 0 Å². The molecule has 0 amide bonds. The molecule has 0 radical (unpaired) electrons. The first-order chi connectivity index (χ1) is 8.95. The lowest BCUT2D eigenvalue weighted by Crippen LogP contribution is -2.39. The predicted molar refractivity (Wildman–Crippen MR) is 71.8 cm³/mol. The maximum absolute atomic E-state index is 12.5. The van der Waals surface area contributed by atoms with Gasteiger partial charge in [0.15, 0.2) is 0 Å². The van der Waals surface area contributed by atoms with Gasteiger partial charge in [0.05, 0.1) is 18.6 Å². The molecule has 3 N–H and O–H groups in total. The molecule has 1 aromatic rings. The summed E-state index contributed by atoms with van der Waals surface area (Å²) in [7, 11) is -2.08. The van der Waals surface area contributed by atoms with Crippen LogP contribution >= 0.6 is 0 Å². The van der Waals surface area contributed by atoms with Crippen molar-refractivity contribution in [1.29, 1.82) is 5.41 Å². The molecule has 0 saturated heterocycles. The fourth-order valence-electron chi connectivity index (χ4n) is 1.82. The Balaban J connectivity index is 2.30. The van der Waals surface area contributed by atoms with E-state index in [2.05, 4.69) is 0 Å². The van der Waals surface area contributed by atoms with Crippen molar-refractivity contribution in [2.24, 2.45) is 5.73 Å². The number of sulfonamides is 1. The minimum absolute atomic E-state index is 0.0315. The SMILES string of the molecule is COc1ccc(S(=O)(=O)N(CC(=N)N)C2CC2)cc1. The summed E-state index contributed by atoms with van der Waals surface area (Å²) in [4.78, 5) is 0.196. The fourth-order valence-corrected chi connectivity index (χ4v) is 3.49. The van der Waals surface area contributed by atoms with E-state index in [9.17, 15) is 8.42 Å². The van der Waals surface area contributed by atoms with Crippen LogP contribution in [0.1, 0.15) is 12.8 Å². The lowest BCUT2D eigenvalue weighted by molar-refractivity contribution is 0.414. The Hall–Kier alpha value is -1.60. The molecule has 2 rings (SSSR count). The van der Waals surface area contributed by atoms with Crippen molar-refractivity contribution >= 4 is 15.9 Å². The predicted octanol–water partition coefficient (Wildman–Crippen LogP) is 0.784. The molecule has 104 valence electrons. The number of rotatable bonds is 6. The van der Waals surface area contributed by atoms with Gasteiger partial charge in [0, 0.05) is 6.04 Å². The number of ether oxygens (including phenoxy) is 1. The number of hydrogen-bond acceptors (Lipinski definition) is 4. The van der Waals surface area contributed by atoms with Crippen LogP contribution in [0.25, 0.3) is 0 Å². The van der Waals surface area contributed by atoms with Gasteiger partial charge in [0.25, 0.3) is 0 Å². The molecular weight excluding hydrogens is 266 g/mol. The van der Waals surface area contributed by atoms with E-state index in [1.54, 1.807) is 12.1 Å². The van der Waals surface area contributed by atoms with Crippen LogP contribution in [-0.4, -0.2) is 38.3 Å². The second kappa shape index (κ2) is 5.18. The van der Waals surface area contributed by atoms with Crippen molar-refractivity contribution in [3.63, 3.8) is 0 Å². The van der Waals surface area contributed by atoms with Gasteiger partial charge < -0.3 is 10.5 Å². The molecule has 0 unspecified atom stereocenters. The number of nitrogens with two attached hydrogens (primary N) is 1. The average molecular weight is 283 g/mol. The van der Waals surface area contributed by atoms with Crippen molar-refractivity contribution in [1.82, 2.24) is 4.31 Å². The Morgan fingerprint density at radius 3 is 2.42 bits per heavy atom. The number of benzene rings is 1. The quantitative estimate of drug-likeness (QED) is 0.595. The van der Waals surface area contributed by atoms with Crippen LogP contribution in [-0.2, 0) is 10.0 Å². The van der Waals surface area contributed by atoms with E-state index in [0.29, 0.717) is 5.75 Å². The average Bonchev–Trinajstić information content (AvgIpc) is 3.20. The van der Waals surface area contributed by atoms with Gasteiger partial charge in [0.2, 0.25) is 10.0 Å². The van der Waals surface area contributed by atoms with Crippen LogP contribution in [0.2, 0.25) is 0 Å². The van der Waals surface area contributed by atoms with Crippen LogP contribution in [0, 0.1) is 5.41 Å². The minimum atomic E-state index is -3.60. The molecule has 1 aliphatic rings. The van der Waals surface area contributed by atoms with Crippen molar-refractivity contribution < 1.29 is 13.2 Å². The lowest BCUT2D eigenvalue weighted by atomic mass is 10.3. The second-order valence-corrected chi connectivity index (χ2v) is 6.37. The summed E-state index contributed by atoms with van der Waals surface area (Å²) < 4.78 is 31.3. The third kappa shape index (κ3) is 3.05. The van der Waals surface area contributed by atoms with Crippen LogP contribution in [0.5, 0.6) is 5.75 Å². The van der Waals surface area contributed by atoms with Gasteiger partial charge in [-0.2, -0.15) is 4.31 Å². The van der Waals surface area contributed by atoms with Gasteiger partial charge in [0.1, 0.15) is 11.6 Å². The van der Waals surface area contributed by atoms with Crippen molar-refractivity contribution in [3.8, 4) is 5.75 Å². The van der Waals surface area contributed by atoms with E-state index in [1.807, 2.05) is 0 Å². The van der Waals surface area contributed by atoms with Gasteiger partial charge in [-0.1, -0.05) is 0 Å². The number of amidine groups is 1. The Kier molecular flexibility index (Phi) is 3.77. The summed E-state index contributed by atoms with van der Waals surface area (Å²) in [5.74, 6) is 0.451. The maximum Gasteiger partial charge on any atom is 0.243 e. The Morgan fingerprint density at radius 2 is 2.00 bits per heavy atom. The number of nitrogens with one attached hydrogen (secondary N) is 1. The van der Waals surface area contributed by atoms with Crippen LogP contribution in [0.3, 0.4) is 0 Å². The molecule has 1 saturated carbocycles. The molecule has 1 aromatic carbocycles. The smallest absolute Gasteiger partial charge is 0.243 e. The zero-order valence-corrected chi connectivity index (χ0v) is 11.5. The highest BCUT2D eigenvalue weighted by Gasteiger charge is 2.38. The summed E-state index contributed by atoms with van der Waals surface area (Å²) >= 11 is 0. The van der Waals surface area contributed by atoms with Crippen LogP contribution < -0.4 is 10.5 Å². The number of nitrogens with zero attached hydrogens (tertiary/aromatic N) is 1. The molecule has 1 aliphatic carbocycles. The first-order valence-corrected chi connectivity index (χ1v) is 7.38. The van der Waals surface area contributed by atoms with Gasteiger partial charge in [-0.3, -0.25) is 5.41 Å². The molecule has 0 atom stereocenters. The van der Waals surface area contributed by atoms with Crippen molar-refractivity contribution in [2.45, 2.75) is 23.8 Å². The lowest BCUT2D eigenvalue weighted by Gasteiger charge is -2.21. The third-order valence-corrected chi connectivity index (χ3v) is 4.86. The first-order valence-electron chi connectivity index (χ1n) is 5.94. The summed E-state index contributed by atoms with van der Waals surface area (Å²) in [5, 5.41) is 7.30. The topological polar surface area (TPSA) is 96.5 Å². The normalized spacial score (nSPS) is 15.5. The number of hydrogen-bond donors (Lipinski definition) is 2. The molecule has 0 bridgehead atoms. The molecule has 0 aliphatic heterocycles. The van der Waals surface area contributed by atoms with Crippen LogP contribution in [0.15, 0.2) is 29.2 Å². The first kappa shape index (κ1) is 13.8. The highest BCUT2D eigenvalue weighted by atomic mass is 32.2. The van der Waals surface area contributed by atoms with E-state index in [4.69, 9.17) is 15.9 Å². The Morgan fingerprint density at radius 1 is 1.42 bits per heavy atom. The molecule has 0 heterocycles. The molecule has 6 nitrogen and oxygen atoms in total. The van der Waals surface area contributed by atoms with Gasteiger partial charge in [-0.05, 0) is 37.1 Å². The molecule has 0 aromatic heterocycles. The summed E-state index contributed by atoms with van der Waals surface area (Å²) in [5.41, 5.74) is 5.34. The maximum atomic E-state index is 12.5. The zero-order chi connectivity index (χ0) is 14.0. The molecule has 19 heavy (non-hydrogen) atoms. The molecule has 0 spiro atoms. The fraction of sp³-hybridized carbons (Fsp3) is 0.417. The highest BCUT2D eigenvalue weighted by molar-refractivity contribution is 7.89. The molecular formula is C12H17N3O3S. The zero-order valence-electron chi connectivity index (χ0n) is 10.7. The van der Waals surface area contributed by atoms with E-state index in [-0.39, 0.29) is 23.3 Å². The number of methoxy groups -OCH3 is 1. The largest absolute Gasteiger partial charge is 0.497 e. The van der Waals surface area contributed by atoms with Crippen molar-refractivity contribution in [3.05, 3.63) is 24.3 Å². The summed E-state index contributed by atoms with van der Waals surface area (Å²) in [6.07, 6.45) is 1.64. The van der Waals surface area contributed by atoms with E-state index >= 15 is 0 Å². The van der Waals surface area contributed by atoms with Gasteiger partial charge in [-0.25, -0.2) is 8.42 Å². The standard InChI is InChI=1S/C12H17N3O3S/c1-18-10-4-6-11(7-5-10)19(16,17)15(8-12(13)14)9-2-3-9/h4-7,9H,2-3,8H2,1H3,(H3,13,14).